The summed E-state index contributed by atoms with van der Waals surface area (Å²) in [5.41, 5.74) is 9.48. The highest BCUT2D eigenvalue weighted by atomic mass is 16.5. The molecule has 102 valence electrons. The van der Waals surface area contributed by atoms with Crippen molar-refractivity contribution >= 4 is 0 Å². The molecule has 4 nitrogen and oxygen atoms in total. The van der Waals surface area contributed by atoms with Crippen LogP contribution in [-0.2, 0) is 5.41 Å². The van der Waals surface area contributed by atoms with Crippen molar-refractivity contribution in [2.24, 2.45) is 5.73 Å². The largest absolute Gasteiger partial charge is 0.339 e. The van der Waals surface area contributed by atoms with E-state index in [9.17, 15) is 0 Å². The monoisotopic (exact) mass is 259 g/mol. The molecule has 1 aromatic heterocycles. The van der Waals surface area contributed by atoms with Crippen molar-refractivity contribution in [3.63, 3.8) is 0 Å². The summed E-state index contributed by atoms with van der Waals surface area (Å²) in [7, 11) is 0. The average molecular weight is 259 g/mol. The molecule has 0 fully saturated rings. The van der Waals surface area contributed by atoms with Gasteiger partial charge in [-0.25, -0.2) is 0 Å². The first-order valence-electron chi connectivity index (χ1n) is 6.46. The van der Waals surface area contributed by atoms with Crippen LogP contribution in [0.2, 0.25) is 0 Å². The van der Waals surface area contributed by atoms with E-state index >= 15 is 0 Å². The van der Waals surface area contributed by atoms with E-state index in [4.69, 9.17) is 10.3 Å². The number of aryl methyl sites for hydroxylation is 2. The van der Waals surface area contributed by atoms with Gasteiger partial charge in [0.1, 0.15) is 0 Å². The van der Waals surface area contributed by atoms with Gasteiger partial charge in [0.15, 0.2) is 5.82 Å². The standard InChI is InChI=1S/C15H21N3O/c1-9-6-7-11(10(2)8-9)12(16)13-17-14(19-18-13)15(3,4)5/h6-8,12H,16H2,1-5H3. The number of hydrogen-bond acceptors (Lipinski definition) is 4. The molecule has 0 radical (unpaired) electrons. The Balaban J connectivity index is 2.34. The molecule has 0 spiro atoms. The first kappa shape index (κ1) is 13.7. The average Bonchev–Trinajstić information content (AvgIpc) is 2.76. The maximum atomic E-state index is 6.24. The normalized spacial score (nSPS) is 13.6. The van der Waals surface area contributed by atoms with Gasteiger partial charge in [-0.1, -0.05) is 49.7 Å². The van der Waals surface area contributed by atoms with Gasteiger partial charge in [-0.2, -0.15) is 4.98 Å². The Bertz CT molecular complexity index is 581. The molecule has 0 bridgehead atoms. The molecule has 2 rings (SSSR count). The summed E-state index contributed by atoms with van der Waals surface area (Å²) in [6.07, 6.45) is 0. The van der Waals surface area contributed by atoms with Crippen LogP contribution in [0, 0.1) is 13.8 Å². The summed E-state index contributed by atoms with van der Waals surface area (Å²) in [6, 6.07) is 5.84. The van der Waals surface area contributed by atoms with Crippen LogP contribution in [0.15, 0.2) is 22.7 Å². The third-order valence-electron chi connectivity index (χ3n) is 3.12. The molecule has 1 aromatic carbocycles. The predicted octanol–water partition coefficient (Wildman–Crippen LogP) is 3.03. The lowest BCUT2D eigenvalue weighted by Gasteiger charge is -2.12. The van der Waals surface area contributed by atoms with Crippen molar-refractivity contribution in [2.75, 3.05) is 0 Å². The first-order valence-corrected chi connectivity index (χ1v) is 6.46. The van der Waals surface area contributed by atoms with Crippen molar-refractivity contribution in [3.05, 3.63) is 46.6 Å². The molecule has 0 amide bonds. The van der Waals surface area contributed by atoms with Crippen LogP contribution in [-0.4, -0.2) is 10.1 Å². The smallest absolute Gasteiger partial charge is 0.232 e. The van der Waals surface area contributed by atoms with E-state index in [1.807, 2.05) is 39.8 Å². The number of rotatable bonds is 2. The fraction of sp³-hybridized carbons (Fsp3) is 0.467. The molecule has 19 heavy (non-hydrogen) atoms. The number of nitrogens with two attached hydrogens (primary N) is 1. The molecule has 2 aromatic rings. The van der Waals surface area contributed by atoms with Gasteiger partial charge < -0.3 is 10.3 Å². The van der Waals surface area contributed by atoms with Crippen LogP contribution in [0.25, 0.3) is 0 Å². The fourth-order valence-electron chi connectivity index (χ4n) is 1.98. The van der Waals surface area contributed by atoms with E-state index in [0.717, 1.165) is 11.1 Å². The van der Waals surface area contributed by atoms with Crippen LogP contribution in [0.3, 0.4) is 0 Å². The first-order chi connectivity index (χ1) is 8.79. The molecular formula is C15H21N3O. The summed E-state index contributed by atoms with van der Waals surface area (Å²) in [6.45, 7) is 10.2. The molecule has 4 heteroatoms. The maximum absolute atomic E-state index is 6.24. The third-order valence-corrected chi connectivity index (χ3v) is 3.12. The Morgan fingerprint density at radius 2 is 1.89 bits per heavy atom. The lowest BCUT2D eigenvalue weighted by Crippen LogP contribution is -2.16. The van der Waals surface area contributed by atoms with Crippen molar-refractivity contribution < 1.29 is 4.52 Å². The third kappa shape index (κ3) is 2.84. The second kappa shape index (κ2) is 4.78. The van der Waals surface area contributed by atoms with Gasteiger partial charge in [-0.3, -0.25) is 0 Å². The number of benzene rings is 1. The molecule has 0 aliphatic heterocycles. The summed E-state index contributed by atoms with van der Waals surface area (Å²) >= 11 is 0. The zero-order valence-corrected chi connectivity index (χ0v) is 12.2. The van der Waals surface area contributed by atoms with Crippen LogP contribution in [0.1, 0.15) is 55.2 Å². The Hall–Kier alpha value is -1.68. The summed E-state index contributed by atoms with van der Waals surface area (Å²) < 4.78 is 5.29. The minimum atomic E-state index is -0.347. The van der Waals surface area contributed by atoms with Gasteiger partial charge in [-0.15, -0.1) is 0 Å². The molecule has 1 heterocycles. The fourth-order valence-corrected chi connectivity index (χ4v) is 1.98. The number of hydrogen-bond donors (Lipinski definition) is 1. The molecule has 2 N–H and O–H groups in total. The molecule has 0 saturated carbocycles. The SMILES string of the molecule is Cc1ccc(C(N)c2noc(C(C)(C)C)n2)c(C)c1. The maximum Gasteiger partial charge on any atom is 0.232 e. The quantitative estimate of drug-likeness (QED) is 0.900. The van der Waals surface area contributed by atoms with Gasteiger partial charge in [0.05, 0.1) is 6.04 Å². The Kier molecular flexibility index (Phi) is 3.45. The molecular weight excluding hydrogens is 238 g/mol. The minimum absolute atomic E-state index is 0.159. The van der Waals surface area contributed by atoms with Gasteiger partial charge >= 0.3 is 0 Å². The van der Waals surface area contributed by atoms with Gasteiger partial charge in [-0.05, 0) is 25.0 Å². The van der Waals surface area contributed by atoms with E-state index in [1.54, 1.807) is 0 Å². The molecule has 0 aliphatic carbocycles. The molecule has 0 aliphatic rings. The van der Waals surface area contributed by atoms with Gasteiger partial charge in [0, 0.05) is 5.41 Å². The number of aromatic nitrogens is 2. The Morgan fingerprint density at radius 1 is 1.21 bits per heavy atom. The number of nitrogens with zero attached hydrogens (tertiary/aromatic N) is 2. The highest BCUT2D eigenvalue weighted by Crippen LogP contribution is 2.25. The van der Waals surface area contributed by atoms with Crippen LogP contribution in [0.5, 0.6) is 0 Å². The Labute approximate surface area is 114 Å². The summed E-state index contributed by atoms with van der Waals surface area (Å²) in [4.78, 5) is 4.42. The summed E-state index contributed by atoms with van der Waals surface area (Å²) in [5, 5.41) is 4.01. The van der Waals surface area contributed by atoms with Crippen molar-refractivity contribution in [3.8, 4) is 0 Å². The van der Waals surface area contributed by atoms with Crippen molar-refractivity contribution in [1.82, 2.24) is 10.1 Å². The van der Waals surface area contributed by atoms with Gasteiger partial charge in [0.2, 0.25) is 5.89 Å². The van der Waals surface area contributed by atoms with E-state index < -0.39 is 0 Å². The zero-order chi connectivity index (χ0) is 14.2. The lowest BCUT2D eigenvalue weighted by molar-refractivity contribution is 0.317. The molecule has 1 unspecified atom stereocenters. The van der Waals surface area contributed by atoms with Crippen molar-refractivity contribution in [1.29, 1.82) is 0 Å². The second-order valence-corrected chi connectivity index (χ2v) is 6.05. The summed E-state index contributed by atoms with van der Waals surface area (Å²) in [5.74, 6) is 1.15. The second-order valence-electron chi connectivity index (χ2n) is 6.05. The molecule has 1 atom stereocenters. The van der Waals surface area contributed by atoms with E-state index in [-0.39, 0.29) is 11.5 Å². The van der Waals surface area contributed by atoms with Crippen LogP contribution < -0.4 is 5.73 Å². The predicted molar refractivity (Wildman–Crippen MR) is 74.9 cm³/mol. The highest BCUT2D eigenvalue weighted by Gasteiger charge is 2.24. The van der Waals surface area contributed by atoms with E-state index in [1.165, 1.54) is 5.56 Å². The van der Waals surface area contributed by atoms with E-state index in [0.29, 0.717) is 11.7 Å². The zero-order valence-electron chi connectivity index (χ0n) is 12.2. The van der Waals surface area contributed by atoms with Gasteiger partial charge in [0.25, 0.3) is 0 Å². The molecule has 0 saturated heterocycles. The van der Waals surface area contributed by atoms with Crippen LogP contribution >= 0.6 is 0 Å². The van der Waals surface area contributed by atoms with E-state index in [2.05, 4.69) is 23.1 Å². The highest BCUT2D eigenvalue weighted by molar-refractivity contribution is 5.35. The lowest BCUT2D eigenvalue weighted by atomic mass is 9.96. The Morgan fingerprint density at radius 3 is 2.42 bits per heavy atom. The van der Waals surface area contributed by atoms with Crippen LogP contribution in [0.4, 0.5) is 0 Å². The topological polar surface area (TPSA) is 64.9 Å². The minimum Gasteiger partial charge on any atom is -0.339 e. The van der Waals surface area contributed by atoms with Crippen molar-refractivity contribution in [2.45, 2.75) is 46.1 Å².